The minimum Gasteiger partial charge on any atom is -0.313 e. The molecule has 2 fully saturated rings. The van der Waals surface area contributed by atoms with Crippen LogP contribution in [-0.4, -0.2) is 27.6 Å². The van der Waals surface area contributed by atoms with Gasteiger partial charge in [-0.25, -0.2) is 0 Å². The fourth-order valence-corrected chi connectivity index (χ4v) is 2.49. The number of hydrogen-bond acceptors (Lipinski definition) is 3. The lowest BCUT2D eigenvalue weighted by molar-refractivity contribution is 0.403. The second-order valence-electron chi connectivity index (χ2n) is 5.17. The largest absolute Gasteiger partial charge is 0.313 e. The highest BCUT2D eigenvalue weighted by Crippen LogP contribution is 2.44. The Labute approximate surface area is 96.4 Å². The van der Waals surface area contributed by atoms with Crippen molar-refractivity contribution in [2.45, 2.75) is 44.7 Å². The number of nitrogens with zero attached hydrogens (tertiary/aromatic N) is 3. The van der Waals surface area contributed by atoms with Gasteiger partial charge in [0.05, 0.1) is 6.20 Å². The zero-order valence-electron chi connectivity index (χ0n) is 9.68. The molecular formula is C12H20N4. The maximum absolute atomic E-state index is 3.97. The molecule has 1 N–H and O–H groups in total. The maximum Gasteiger partial charge on any atom is 0.0692 e. The van der Waals surface area contributed by atoms with Gasteiger partial charge in [0.2, 0.25) is 0 Å². The first-order chi connectivity index (χ1) is 7.93. The summed E-state index contributed by atoms with van der Waals surface area (Å²) >= 11 is 0. The van der Waals surface area contributed by atoms with Crippen LogP contribution in [0.25, 0.3) is 0 Å². The molecule has 0 bridgehead atoms. The molecular weight excluding hydrogens is 200 g/mol. The van der Waals surface area contributed by atoms with E-state index in [1.165, 1.54) is 25.7 Å². The van der Waals surface area contributed by atoms with Crippen LogP contribution in [0.3, 0.4) is 0 Å². The molecule has 4 nitrogen and oxygen atoms in total. The third kappa shape index (κ3) is 2.61. The number of aryl methyl sites for hydroxylation is 1. The third-order valence-electron chi connectivity index (χ3n) is 3.68. The lowest BCUT2D eigenvalue weighted by Crippen LogP contribution is -2.34. The van der Waals surface area contributed by atoms with Crippen molar-refractivity contribution in [2.24, 2.45) is 11.8 Å². The molecule has 0 amide bonds. The van der Waals surface area contributed by atoms with Crippen LogP contribution < -0.4 is 5.32 Å². The molecule has 4 heteroatoms. The van der Waals surface area contributed by atoms with Crippen molar-refractivity contribution < 1.29 is 0 Å². The molecule has 0 spiro atoms. The Morgan fingerprint density at radius 2 is 2.00 bits per heavy atom. The van der Waals surface area contributed by atoms with E-state index in [2.05, 4.69) is 15.6 Å². The molecule has 1 heterocycles. The van der Waals surface area contributed by atoms with Crippen LogP contribution in [-0.2, 0) is 6.54 Å². The third-order valence-corrected chi connectivity index (χ3v) is 3.68. The molecule has 0 aromatic carbocycles. The van der Waals surface area contributed by atoms with Gasteiger partial charge in [0.15, 0.2) is 0 Å². The van der Waals surface area contributed by atoms with Gasteiger partial charge in [0.25, 0.3) is 0 Å². The summed E-state index contributed by atoms with van der Waals surface area (Å²) in [6.45, 7) is 2.10. The summed E-state index contributed by atoms with van der Waals surface area (Å²) in [4.78, 5) is 0. The lowest BCUT2D eigenvalue weighted by Gasteiger charge is -2.17. The van der Waals surface area contributed by atoms with Crippen molar-refractivity contribution in [2.75, 3.05) is 6.54 Å². The quantitative estimate of drug-likeness (QED) is 0.707. The molecule has 0 atom stereocenters. The summed E-state index contributed by atoms with van der Waals surface area (Å²) in [5, 5.41) is 11.5. The predicted molar refractivity (Wildman–Crippen MR) is 61.9 cm³/mol. The fraction of sp³-hybridized carbons (Fsp3) is 0.833. The maximum atomic E-state index is 3.97. The van der Waals surface area contributed by atoms with Crippen molar-refractivity contribution in [3.63, 3.8) is 0 Å². The van der Waals surface area contributed by atoms with E-state index in [0.717, 1.165) is 37.4 Å². The highest BCUT2D eigenvalue weighted by Gasteiger charge is 2.40. The lowest BCUT2D eigenvalue weighted by atomic mass is 10.1. The smallest absolute Gasteiger partial charge is 0.0692 e. The summed E-state index contributed by atoms with van der Waals surface area (Å²) in [6.07, 6.45) is 10.6. The van der Waals surface area contributed by atoms with Crippen molar-refractivity contribution in [1.29, 1.82) is 0 Å². The second kappa shape index (κ2) is 4.53. The van der Waals surface area contributed by atoms with Crippen molar-refractivity contribution in [3.8, 4) is 0 Å². The van der Waals surface area contributed by atoms with Crippen LogP contribution >= 0.6 is 0 Å². The average Bonchev–Trinajstić information content (AvgIpc) is 3.20. The number of hydrogen-bond donors (Lipinski definition) is 1. The fourth-order valence-electron chi connectivity index (χ4n) is 2.49. The second-order valence-corrected chi connectivity index (χ2v) is 5.17. The van der Waals surface area contributed by atoms with Gasteiger partial charge in [-0.1, -0.05) is 5.21 Å². The van der Waals surface area contributed by atoms with E-state index in [1.54, 1.807) is 6.20 Å². The topological polar surface area (TPSA) is 42.7 Å². The van der Waals surface area contributed by atoms with E-state index in [0.29, 0.717) is 0 Å². The molecule has 1 aromatic rings. The molecule has 1 aromatic heterocycles. The summed E-state index contributed by atoms with van der Waals surface area (Å²) in [5.41, 5.74) is 0. The molecule has 2 aliphatic rings. The Morgan fingerprint density at radius 3 is 2.56 bits per heavy atom. The van der Waals surface area contributed by atoms with E-state index in [1.807, 2.05) is 10.9 Å². The van der Waals surface area contributed by atoms with E-state index in [4.69, 9.17) is 0 Å². The van der Waals surface area contributed by atoms with Gasteiger partial charge in [-0.15, -0.1) is 5.10 Å². The van der Waals surface area contributed by atoms with E-state index in [-0.39, 0.29) is 0 Å². The SMILES string of the molecule is c1cn(CCCNC(C2CC2)C2CC2)nn1. The average molecular weight is 220 g/mol. The van der Waals surface area contributed by atoms with Gasteiger partial charge in [0, 0.05) is 18.8 Å². The minimum absolute atomic E-state index is 0.829. The Morgan fingerprint density at radius 1 is 1.25 bits per heavy atom. The zero-order valence-corrected chi connectivity index (χ0v) is 9.68. The van der Waals surface area contributed by atoms with E-state index < -0.39 is 0 Å². The highest BCUT2D eigenvalue weighted by atomic mass is 15.4. The van der Waals surface area contributed by atoms with Crippen molar-refractivity contribution in [3.05, 3.63) is 12.4 Å². The first kappa shape index (κ1) is 10.3. The number of nitrogens with one attached hydrogen (secondary N) is 1. The summed E-state index contributed by atoms with van der Waals surface area (Å²) in [7, 11) is 0. The monoisotopic (exact) mass is 220 g/mol. The van der Waals surface area contributed by atoms with E-state index in [9.17, 15) is 0 Å². The first-order valence-electron chi connectivity index (χ1n) is 6.51. The molecule has 88 valence electrons. The Balaban J connectivity index is 1.35. The predicted octanol–water partition coefficient (Wildman–Crippen LogP) is 1.45. The van der Waals surface area contributed by atoms with Crippen LogP contribution in [0.5, 0.6) is 0 Å². The normalized spacial score (nSPS) is 20.6. The molecule has 0 aliphatic heterocycles. The van der Waals surface area contributed by atoms with Gasteiger partial charge >= 0.3 is 0 Å². The van der Waals surface area contributed by atoms with Crippen LogP contribution in [0, 0.1) is 11.8 Å². The van der Waals surface area contributed by atoms with Crippen LogP contribution in [0.15, 0.2) is 12.4 Å². The standard InChI is InChI=1S/C12H20N4/c1(8-16-9-7-14-15-16)6-13-12(10-2-3-10)11-4-5-11/h7,9-13H,1-6,8H2. The molecule has 16 heavy (non-hydrogen) atoms. The van der Waals surface area contributed by atoms with Gasteiger partial charge in [-0.2, -0.15) is 0 Å². The molecule has 0 radical (unpaired) electrons. The molecule has 2 saturated carbocycles. The van der Waals surface area contributed by atoms with Crippen LogP contribution in [0.4, 0.5) is 0 Å². The van der Waals surface area contributed by atoms with E-state index >= 15 is 0 Å². The van der Waals surface area contributed by atoms with Crippen molar-refractivity contribution >= 4 is 0 Å². The van der Waals surface area contributed by atoms with Crippen molar-refractivity contribution in [1.82, 2.24) is 20.3 Å². The summed E-state index contributed by atoms with van der Waals surface area (Å²) in [5.74, 6) is 2.00. The van der Waals surface area contributed by atoms with Gasteiger partial charge in [-0.05, 0) is 50.5 Å². The Bertz CT molecular complexity index is 302. The van der Waals surface area contributed by atoms with Gasteiger partial charge in [0.1, 0.15) is 0 Å². The molecule has 0 saturated heterocycles. The zero-order chi connectivity index (χ0) is 10.8. The molecule has 3 rings (SSSR count). The summed E-state index contributed by atoms with van der Waals surface area (Å²) < 4.78 is 1.91. The summed E-state index contributed by atoms with van der Waals surface area (Å²) in [6, 6.07) is 0.829. The molecule has 2 aliphatic carbocycles. The van der Waals surface area contributed by atoms with Gasteiger partial charge < -0.3 is 5.32 Å². The number of aromatic nitrogens is 3. The van der Waals surface area contributed by atoms with Crippen LogP contribution in [0.1, 0.15) is 32.1 Å². The Hall–Kier alpha value is -0.900. The Kier molecular flexibility index (Phi) is 2.91. The van der Waals surface area contributed by atoms with Crippen LogP contribution in [0.2, 0.25) is 0 Å². The molecule has 0 unspecified atom stereocenters. The minimum atomic E-state index is 0.829. The highest BCUT2D eigenvalue weighted by molar-refractivity contribution is 4.96. The first-order valence-corrected chi connectivity index (χ1v) is 6.51. The van der Waals surface area contributed by atoms with Gasteiger partial charge in [-0.3, -0.25) is 4.68 Å². The number of rotatable bonds is 7.